The lowest BCUT2D eigenvalue weighted by Crippen LogP contribution is -2.43. The second-order valence-corrected chi connectivity index (χ2v) is 8.31. The van der Waals surface area contributed by atoms with E-state index in [0.29, 0.717) is 0 Å². The van der Waals surface area contributed by atoms with Crippen LogP contribution in [-0.4, -0.2) is 50.5 Å². The average Bonchev–Trinajstić information content (AvgIpc) is 3.16. The Bertz CT molecular complexity index is 721. The van der Waals surface area contributed by atoms with E-state index in [1.165, 1.54) is 14.2 Å². The Kier molecular flexibility index (Phi) is 5.58. The Morgan fingerprint density at radius 2 is 1.50 bits per heavy atom. The summed E-state index contributed by atoms with van der Waals surface area (Å²) in [7, 11) is 1.91. The van der Waals surface area contributed by atoms with Gasteiger partial charge in [0.05, 0.1) is 31.3 Å². The molecule has 8 heteroatoms. The molecule has 2 aliphatic rings. The monoisotopic (exact) mass is 389 g/mol. The molecular formula is C20H28BNO6. The molecule has 1 aromatic rings. The van der Waals surface area contributed by atoms with Crippen molar-refractivity contribution in [3.63, 3.8) is 0 Å². The predicted molar refractivity (Wildman–Crippen MR) is 103 cm³/mol. The zero-order chi connectivity index (χ0) is 20.7. The van der Waals surface area contributed by atoms with Gasteiger partial charge < -0.3 is 18.8 Å². The highest BCUT2D eigenvalue weighted by Crippen LogP contribution is 2.49. The molecule has 0 bridgehead atoms. The number of methoxy groups -OCH3 is 2. The van der Waals surface area contributed by atoms with Crippen LogP contribution in [0.3, 0.4) is 0 Å². The van der Waals surface area contributed by atoms with Crippen LogP contribution in [0.15, 0.2) is 30.3 Å². The fourth-order valence-electron chi connectivity index (χ4n) is 3.96. The largest absolute Gasteiger partial charge is 0.469 e. The van der Waals surface area contributed by atoms with Crippen molar-refractivity contribution in [3.8, 4) is 0 Å². The molecule has 1 aromatic carbocycles. The van der Waals surface area contributed by atoms with Gasteiger partial charge >= 0.3 is 19.1 Å². The third-order valence-corrected chi connectivity index (χ3v) is 6.19. The minimum atomic E-state index is -0.769. The molecule has 0 amide bonds. The molecule has 2 fully saturated rings. The van der Waals surface area contributed by atoms with E-state index < -0.39 is 54.1 Å². The summed E-state index contributed by atoms with van der Waals surface area (Å²) in [5, 5.41) is 3.27. The van der Waals surface area contributed by atoms with Crippen molar-refractivity contribution in [2.45, 2.75) is 56.8 Å². The smallest absolute Gasteiger partial charge is 0.464 e. The van der Waals surface area contributed by atoms with Crippen molar-refractivity contribution >= 4 is 19.1 Å². The van der Waals surface area contributed by atoms with Gasteiger partial charge in [0, 0.05) is 11.9 Å². The van der Waals surface area contributed by atoms with E-state index in [4.69, 9.17) is 18.8 Å². The van der Waals surface area contributed by atoms with E-state index in [0.717, 1.165) is 5.56 Å². The quantitative estimate of drug-likeness (QED) is 0.624. The summed E-state index contributed by atoms with van der Waals surface area (Å²) < 4.78 is 22.5. The van der Waals surface area contributed by atoms with Crippen LogP contribution in [0.4, 0.5) is 0 Å². The van der Waals surface area contributed by atoms with Gasteiger partial charge in [0.2, 0.25) is 0 Å². The van der Waals surface area contributed by atoms with Gasteiger partial charge in [-0.25, -0.2) is 0 Å². The number of hydrogen-bond donors (Lipinski definition) is 1. The Hall–Kier alpha value is -1.90. The number of carbonyl (C=O) groups excluding carboxylic acids is 2. The van der Waals surface area contributed by atoms with Gasteiger partial charge in [-0.1, -0.05) is 30.3 Å². The second kappa shape index (κ2) is 7.50. The maximum Gasteiger partial charge on any atom is 0.464 e. The van der Waals surface area contributed by atoms with Crippen molar-refractivity contribution in [3.05, 3.63) is 35.9 Å². The molecule has 0 radical (unpaired) electrons. The van der Waals surface area contributed by atoms with Crippen LogP contribution < -0.4 is 5.32 Å². The fraction of sp³-hybridized carbons (Fsp3) is 0.600. The summed E-state index contributed by atoms with van der Waals surface area (Å²) in [6.07, 6.45) is 0. The topological polar surface area (TPSA) is 83.1 Å². The van der Waals surface area contributed by atoms with E-state index in [-0.39, 0.29) is 0 Å². The van der Waals surface area contributed by atoms with Crippen molar-refractivity contribution < 1.29 is 28.4 Å². The number of carbonyl (C=O) groups is 2. The molecule has 4 atom stereocenters. The first-order valence-corrected chi connectivity index (χ1v) is 9.45. The Balaban J connectivity index is 2.04. The second-order valence-electron chi connectivity index (χ2n) is 8.31. The van der Waals surface area contributed by atoms with Crippen LogP contribution in [0.1, 0.15) is 39.3 Å². The first kappa shape index (κ1) is 20.8. The van der Waals surface area contributed by atoms with E-state index in [1.54, 1.807) is 0 Å². The predicted octanol–water partition coefficient (Wildman–Crippen LogP) is 2.12. The molecular weight excluding hydrogens is 361 g/mol. The summed E-state index contributed by atoms with van der Waals surface area (Å²) >= 11 is 0. The van der Waals surface area contributed by atoms with Crippen LogP contribution >= 0.6 is 0 Å². The average molecular weight is 389 g/mol. The molecule has 0 unspecified atom stereocenters. The maximum atomic E-state index is 12.8. The van der Waals surface area contributed by atoms with Gasteiger partial charge in [-0.05, 0) is 33.3 Å². The lowest BCUT2D eigenvalue weighted by atomic mass is 9.61. The SMILES string of the molecule is COC(=O)[C@@H]1[C@@H](B2OC(C)(C)C(C)(C)O2)[C@H](C(=O)OC)N[C@@H]1c1ccccc1. The third-order valence-electron chi connectivity index (χ3n) is 6.19. The highest BCUT2D eigenvalue weighted by atomic mass is 16.7. The molecule has 3 rings (SSSR count). The minimum Gasteiger partial charge on any atom is -0.469 e. The van der Waals surface area contributed by atoms with Gasteiger partial charge in [-0.2, -0.15) is 0 Å². The molecule has 0 spiro atoms. The van der Waals surface area contributed by atoms with E-state index in [1.807, 2.05) is 58.0 Å². The van der Waals surface area contributed by atoms with Gasteiger partial charge in [0.25, 0.3) is 0 Å². The molecule has 2 heterocycles. The molecule has 0 aromatic heterocycles. The number of hydrogen-bond acceptors (Lipinski definition) is 7. The van der Waals surface area contributed by atoms with Crippen molar-refractivity contribution in [2.24, 2.45) is 5.92 Å². The van der Waals surface area contributed by atoms with Crippen LogP contribution in [0.25, 0.3) is 0 Å². The molecule has 1 N–H and O–H groups in total. The zero-order valence-corrected chi connectivity index (χ0v) is 17.2. The first-order valence-electron chi connectivity index (χ1n) is 9.45. The molecule has 28 heavy (non-hydrogen) atoms. The Labute approximate surface area is 166 Å². The van der Waals surface area contributed by atoms with Crippen LogP contribution in [0.2, 0.25) is 5.82 Å². The fourth-order valence-corrected chi connectivity index (χ4v) is 3.96. The lowest BCUT2D eigenvalue weighted by Gasteiger charge is -2.32. The third kappa shape index (κ3) is 3.45. The van der Waals surface area contributed by atoms with E-state index in [9.17, 15) is 9.59 Å². The summed E-state index contributed by atoms with van der Waals surface area (Å²) in [4.78, 5) is 25.4. The van der Waals surface area contributed by atoms with E-state index in [2.05, 4.69) is 5.32 Å². The summed E-state index contributed by atoms with van der Waals surface area (Å²) in [6, 6.07) is 8.30. The molecule has 7 nitrogen and oxygen atoms in total. The number of benzene rings is 1. The standard InChI is InChI=1S/C20H28BNO6/c1-19(2)20(3,4)28-21(27-19)14-13(17(23)25-5)15(12-10-8-7-9-11-12)22-16(14)18(24)26-6/h7-11,13-16,22H,1-6H3/t13-,14-,15-,16-/m1/s1. The molecule has 2 aliphatic heterocycles. The van der Waals surface area contributed by atoms with E-state index >= 15 is 0 Å². The summed E-state index contributed by atoms with van der Waals surface area (Å²) in [5.41, 5.74) is -0.306. The van der Waals surface area contributed by atoms with Gasteiger partial charge in [0.15, 0.2) is 0 Å². The van der Waals surface area contributed by atoms with Crippen molar-refractivity contribution in [1.82, 2.24) is 5.32 Å². The lowest BCUT2D eigenvalue weighted by molar-refractivity contribution is -0.146. The highest BCUT2D eigenvalue weighted by molar-refractivity contribution is 6.49. The van der Waals surface area contributed by atoms with Crippen molar-refractivity contribution in [2.75, 3.05) is 14.2 Å². The van der Waals surface area contributed by atoms with Crippen LogP contribution in [0, 0.1) is 5.92 Å². The Morgan fingerprint density at radius 1 is 0.964 bits per heavy atom. The van der Waals surface area contributed by atoms with Crippen molar-refractivity contribution in [1.29, 1.82) is 0 Å². The molecule has 0 aliphatic carbocycles. The summed E-state index contributed by atoms with van der Waals surface area (Å²) in [6.45, 7) is 7.74. The van der Waals surface area contributed by atoms with Gasteiger partial charge in [0.1, 0.15) is 6.04 Å². The van der Waals surface area contributed by atoms with Gasteiger partial charge in [-0.3, -0.25) is 14.9 Å². The van der Waals surface area contributed by atoms with Crippen LogP contribution in [-0.2, 0) is 28.4 Å². The minimum absolute atomic E-state index is 0.424. The normalized spacial score (nSPS) is 30.9. The number of ether oxygens (including phenoxy) is 2. The number of rotatable bonds is 4. The molecule has 2 saturated heterocycles. The highest BCUT2D eigenvalue weighted by Gasteiger charge is 2.63. The summed E-state index contributed by atoms with van der Waals surface area (Å²) in [5.74, 6) is -2.17. The zero-order valence-electron chi connectivity index (χ0n) is 17.2. The molecule has 152 valence electrons. The first-order chi connectivity index (χ1) is 13.1. The Morgan fingerprint density at radius 3 is 2.00 bits per heavy atom. The number of nitrogens with one attached hydrogen (secondary N) is 1. The van der Waals surface area contributed by atoms with Gasteiger partial charge in [-0.15, -0.1) is 0 Å². The number of esters is 2. The molecule has 0 saturated carbocycles. The maximum absolute atomic E-state index is 12.8. The van der Waals surface area contributed by atoms with Crippen LogP contribution in [0.5, 0.6) is 0 Å².